The van der Waals surface area contributed by atoms with Crippen molar-refractivity contribution in [3.8, 4) is 5.75 Å². The van der Waals surface area contributed by atoms with Crippen molar-refractivity contribution >= 4 is 40.0 Å². The van der Waals surface area contributed by atoms with Gasteiger partial charge in [0.1, 0.15) is 11.8 Å². The van der Waals surface area contributed by atoms with Gasteiger partial charge >= 0.3 is 0 Å². The van der Waals surface area contributed by atoms with E-state index in [0.717, 1.165) is 32.7 Å². The predicted octanol–water partition coefficient (Wildman–Crippen LogP) is 5.43. The molecule has 2 amide bonds. The zero-order valence-electron chi connectivity index (χ0n) is 17.9. The number of thioether (sulfide) groups is 1. The quantitative estimate of drug-likeness (QED) is 0.431. The molecule has 5 nitrogen and oxygen atoms in total. The van der Waals surface area contributed by atoms with E-state index in [4.69, 9.17) is 4.74 Å². The molecule has 4 aromatic carbocycles. The van der Waals surface area contributed by atoms with Crippen LogP contribution in [0.3, 0.4) is 0 Å². The number of carbonyl (C=O) groups is 2. The van der Waals surface area contributed by atoms with Crippen molar-refractivity contribution in [3.05, 3.63) is 102 Å². The molecular weight excluding hydrogens is 432 g/mol. The molecule has 2 unspecified atom stereocenters. The van der Waals surface area contributed by atoms with Gasteiger partial charge in [0.05, 0.1) is 18.0 Å². The van der Waals surface area contributed by atoms with Gasteiger partial charge in [-0.2, -0.15) is 0 Å². The number of hydrogen-bond donors (Lipinski definition) is 2. The predicted molar refractivity (Wildman–Crippen MR) is 132 cm³/mol. The number of nitrogens with one attached hydrogen (secondary N) is 2. The summed E-state index contributed by atoms with van der Waals surface area (Å²) in [5.41, 5.74) is 2.19. The molecule has 1 aliphatic rings. The van der Waals surface area contributed by atoms with Crippen molar-refractivity contribution in [1.29, 1.82) is 0 Å². The van der Waals surface area contributed by atoms with Crippen molar-refractivity contribution in [1.82, 2.24) is 5.32 Å². The number of fused-ring (bicyclic) bond motifs is 2. The Morgan fingerprint density at radius 2 is 1.64 bits per heavy atom. The molecule has 0 saturated carbocycles. The molecule has 5 rings (SSSR count). The minimum absolute atomic E-state index is 0.248. The maximum atomic E-state index is 13.3. The first-order valence-electron chi connectivity index (χ1n) is 10.6. The third kappa shape index (κ3) is 4.30. The van der Waals surface area contributed by atoms with Gasteiger partial charge < -0.3 is 15.4 Å². The summed E-state index contributed by atoms with van der Waals surface area (Å²) in [5.74, 6) is 0.201. The summed E-state index contributed by atoms with van der Waals surface area (Å²) in [4.78, 5) is 27.5. The summed E-state index contributed by atoms with van der Waals surface area (Å²) in [6, 6.07) is 28.0. The topological polar surface area (TPSA) is 67.4 Å². The molecule has 0 radical (unpaired) electrons. The molecule has 0 bridgehead atoms. The molecule has 4 aromatic rings. The molecule has 164 valence electrons. The van der Waals surface area contributed by atoms with Crippen molar-refractivity contribution in [2.24, 2.45) is 0 Å². The molecule has 2 atom stereocenters. The molecule has 2 N–H and O–H groups in total. The van der Waals surface area contributed by atoms with E-state index in [9.17, 15) is 9.59 Å². The molecule has 0 aromatic heterocycles. The van der Waals surface area contributed by atoms with Gasteiger partial charge in [0, 0.05) is 10.5 Å². The second-order valence-corrected chi connectivity index (χ2v) is 8.99. The average Bonchev–Trinajstić information content (AvgIpc) is 3.00. The molecule has 0 fully saturated rings. The smallest absolute Gasteiger partial charge is 0.251 e. The number of ether oxygens (including phenoxy) is 1. The van der Waals surface area contributed by atoms with Crippen LogP contribution in [0.1, 0.15) is 21.2 Å². The Morgan fingerprint density at radius 3 is 2.42 bits per heavy atom. The highest BCUT2D eigenvalue weighted by Crippen LogP contribution is 2.44. The Morgan fingerprint density at radius 1 is 0.909 bits per heavy atom. The lowest BCUT2D eigenvalue weighted by atomic mass is 10.0. The fraction of sp³-hybridized carbons (Fsp3) is 0.111. The van der Waals surface area contributed by atoms with E-state index >= 15 is 0 Å². The van der Waals surface area contributed by atoms with Crippen LogP contribution in [-0.2, 0) is 4.79 Å². The van der Waals surface area contributed by atoms with Crippen molar-refractivity contribution < 1.29 is 14.3 Å². The number of para-hydroxylation sites is 1. The lowest BCUT2D eigenvalue weighted by molar-refractivity contribution is -0.118. The van der Waals surface area contributed by atoms with Crippen LogP contribution in [0.15, 0.2) is 95.9 Å². The fourth-order valence-electron chi connectivity index (χ4n) is 3.98. The minimum Gasteiger partial charge on any atom is -0.497 e. The molecule has 33 heavy (non-hydrogen) atoms. The van der Waals surface area contributed by atoms with Crippen LogP contribution in [0.4, 0.5) is 5.69 Å². The number of carbonyl (C=O) groups excluding carboxylic acids is 2. The van der Waals surface area contributed by atoms with Gasteiger partial charge in [-0.25, -0.2) is 0 Å². The monoisotopic (exact) mass is 454 g/mol. The Bertz CT molecular complexity index is 1340. The minimum atomic E-state index is -0.769. The van der Waals surface area contributed by atoms with Crippen LogP contribution in [0.2, 0.25) is 0 Å². The lowest BCUT2D eigenvalue weighted by Gasteiger charge is -2.25. The number of methoxy groups -OCH3 is 1. The van der Waals surface area contributed by atoms with Crippen molar-refractivity contribution in [2.45, 2.75) is 16.2 Å². The summed E-state index contributed by atoms with van der Waals surface area (Å²) in [6.07, 6.45) is 0. The number of anilines is 1. The zero-order chi connectivity index (χ0) is 22.8. The largest absolute Gasteiger partial charge is 0.497 e. The second-order valence-electron chi connectivity index (χ2n) is 7.81. The van der Waals surface area contributed by atoms with Crippen LogP contribution in [0, 0.1) is 0 Å². The average molecular weight is 455 g/mol. The first-order valence-corrected chi connectivity index (χ1v) is 11.5. The van der Waals surface area contributed by atoms with Gasteiger partial charge in [0.25, 0.3) is 5.91 Å². The highest BCUT2D eigenvalue weighted by molar-refractivity contribution is 7.99. The van der Waals surface area contributed by atoms with Crippen LogP contribution < -0.4 is 15.4 Å². The van der Waals surface area contributed by atoms with Gasteiger partial charge in [-0.1, -0.05) is 54.6 Å². The maximum absolute atomic E-state index is 13.3. The van der Waals surface area contributed by atoms with E-state index in [1.807, 2.05) is 84.9 Å². The van der Waals surface area contributed by atoms with E-state index in [0.29, 0.717) is 5.56 Å². The molecular formula is C27H22N2O3S. The van der Waals surface area contributed by atoms with Crippen LogP contribution in [0.5, 0.6) is 5.75 Å². The maximum Gasteiger partial charge on any atom is 0.251 e. The van der Waals surface area contributed by atoms with E-state index in [2.05, 4.69) is 10.6 Å². The Kier molecular flexibility index (Phi) is 5.75. The Hall–Kier alpha value is -3.77. The van der Waals surface area contributed by atoms with Crippen LogP contribution >= 0.6 is 11.8 Å². The summed E-state index contributed by atoms with van der Waals surface area (Å²) in [7, 11) is 1.62. The van der Waals surface area contributed by atoms with E-state index < -0.39 is 6.04 Å². The Labute approximate surface area is 196 Å². The Balaban J connectivity index is 1.50. The second kappa shape index (κ2) is 9.00. The first kappa shape index (κ1) is 21.1. The van der Waals surface area contributed by atoms with Crippen molar-refractivity contribution in [2.75, 3.05) is 12.4 Å². The molecule has 1 heterocycles. The molecule has 0 spiro atoms. The van der Waals surface area contributed by atoms with Crippen LogP contribution in [-0.4, -0.2) is 25.0 Å². The number of hydrogen-bond acceptors (Lipinski definition) is 4. The summed E-state index contributed by atoms with van der Waals surface area (Å²) >= 11 is 1.56. The van der Waals surface area contributed by atoms with Gasteiger partial charge in [-0.15, -0.1) is 11.8 Å². The highest BCUT2D eigenvalue weighted by Gasteiger charge is 2.35. The summed E-state index contributed by atoms with van der Waals surface area (Å²) in [6.45, 7) is 0. The van der Waals surface area contributed by atoms with Gasteiger partial charge in [0.15, 0.2) is 0 Å². The number of benzene rings is 4. The van der Waals surface area contributed by atoms with E-state index in [1.54, 1.807) is 24.9 Å². The first-order chi connectivity index (χ1) is 16.1. The third-order valence-electron chi connectivity index (χ3n) is 5.73. The highest BCUT2D eigenvalue weighted by atomic mass is 32.2. The van der Waals surface area contributed by atoms with Gasteiger partial charge in [-0.05, 0) is 52.7 Å². The lowest BCUT2D eigenvalue weighted by Crippen LogP contribution is -2.46. The molecule has 6 heteroatoms. The fourth-order valence-corrected chi connectivity index (χ4v) is 5.27. The SMILES string of the molecule is COc1ccc(C2Sc3ccccc3NC(=O)C2NC(=O)c2ccc3ccccc3c2)cc1. The molecule has 0 saturated heterocycles. The molecule has 0 aliphatic carbocycles. The van der Waals surface area contributed by atoms with Gasteiger partial charge in [0.2, 0.25) is 5.91 Å². The number of amides is 2. The van der Waals surface area contributed by atoms with E-state index in [1.165, 1.54) is 0 Å². The summed E-state index contributed by atoms with van der Waals surface area (Å²) < 4.78 is 5.29. The molecule has 1 aliphatic heterocycles. The zero-order valence-corrected chi connectivity index (χ0v) is 18.8. The van der Waals surface area contributed by atoms with E-state index in [-0.39, 0.29) is 17.1 Å². The van der Waals surface area contributed by atoms with Crippen molar-refractivity contribution in [3.63, 3.8) is 0 Å². The number of rotatable bonds is 4. The third-order valence-corrected chi connectivity index (χ3v) is 7.13. The van der Waals surface area contributed by atoms with Crippen LogP contribution in [0.25, 0.3) is 10.8 Å². The summed E-state index contributed by atoms with van der Waals surface area (Å²) in [5, 5.41) is 7.70. The standard InChI is InChI=1S/C27H22N2O3S/c1-32-21-14-12-18(13-15-21)25-24(27(31)28-22-8-4-5-9-23(22)33-25)29-26(30)20-11-10-17-6-2-3-7-19(17)16-20/h2-16,24-25H,1H3,(H,28,31)(H,29,30). The van der Waals surface area contributed by atoms with Gasteiger partial charge in [-0.3, -0.25) is 9.59 Å². The normalized spacial score (nSPS) is 17.5.